The molecule has 1 aromatic heterocycles. The van der Waals surface area contributed by atoms with Crippen molar-refractivity contribution in [3.05, 3.63) is 53.1 Å². The highest BCUT2D eigenvalue weighted by molar-refractivity contribution is 5.95. The van der Waals surface area contributed by atoms with E-state index in [-0.39, 0.29) is 11.4 Å². The van der Waals surface area contributed by atoms with Gasteiger partial charge in [0, 0.05) is 11.8 Å². The van der Waals surface area contributed by atoms with Crippen molar-refractivity contribution in [2.75, 3.05) is 7.11 Å². The Labute approximate surface area is 142 Å². The van der Waals surface area contributed by atoms with Crippen LogP contribution in [0.5, 0.6) is 5.75 Å². The second-order valence-electron chi connectivity index (χ2n) is 6.36. The van der Waals surface area contributed by atoms with Crippen LogP contribution in [0.15, 0.2) is 30.5 Å². The number of para-hydroxylation sites is 1. The second kappa shape index (κ2) is 6.59. The molecule has 0 saturated heterocycles. The van der Waals surface area contributed by atoms with Crippen molar-refractivity contribution in [3.8, 4) is 5.75 Å². The molecule has 0 bridgehead atoms. The molecule has 1 N–H and O–H groups in total. The smallest absolute Gasteiger partial charge is 0.255 e. The molecule has 2 aromatic rings. The Morgan fingerprint density at radius 1 is 1.21 bits per heavy atom. The number of amides is 1. The maximum atomic E-state index is 12.9. The van der Waals surface area contributed by atoms with E-state index < -0.39 is 0 Å². The minimum absolute atomic E-state index is 0.125. The van der Waals surface area contributed by atoms with E-state index in [4.69, 9.17) is 4.74 Å². The molecule has 126 valence electrons. The monoisotopic (exact) mass is 325 g/mol. The zero-order valence-electron chi connectivity index (χ0n) is 14.4. The van der Waals surface area contributed by atoms with Crippen molar-refractivity contribution in [2.45, 2.75) is 45.1 Å². The lowest BCUT2D eigenvalue weighted by Gasteiger charge is -2.32. The summed E-state index contributed by atoms with van der Waals surface area (Å²) in [6, 6.07) is 7.93. The second-order valence-corrected chi connectivity index (χ2v) is 6.36. The van der Waals surface area contributed by atoms with Crippen molar-refractivity contribution in [2.24, 2.45) is 0 Å². The Bertz CT molecular complexity index is 752. The van der Waals surface area contributed by atoms with E-state index in [2.05, 4.69) is 15.3 Å². The molecule has 1 amide bonds. The van der Waals surface area contributed by atoms with Crippen molar-refractivity contribution in [1.29, 1.82) is 0 Å². The van der Waals surface area contributed by atoms with Gasteiger partial charge >= 0.3 is 0 Å². The van der Waals surface area contributed by atoms with Crippen LogP contribution in [0.4, 0.5) is 0 Å². The molecule has 1 aromatic carbocycles. The average molecular weight is 325 g/mol. The van der Waals surface area contributed by atoms with Crippen LogP contribution in [-0.2, 0) is 5.54 Å². The van der Waals surface area contributed by atoms with E-state index in [0.29, 0.717) is 17.1 Å². The molecule has 1 aliphatic rings. The number of ether oxygens (including phenoxy) is 1. The lowest BCUT2D eigenvalue weighted by Crippen LogP contribution is -2.44. The van der Waals surface area contributed by atoms with Crippen LogP contribution < -0.4 is 10.1 Å². The molecule has 0 radical (unpaired) electrons. The van der Waals surface area contributed by atoms with Gasteiger partial charge in [-0.25, -0.2) is 9.97 Å². The van der Waals surface area contributed by atoms with Crippen molar-refractivity contribution in [3.63, 3.8) is 0 Å². The standard InChI is InChI=1S/C19H23N3O2/c1-13-15(12-20-14(2)21-13)18(23)22-19(10-6-7-11-19)16-8-4-5-9-17(16)24-3/h4-5,8-9,12H,6-7,10-11H2,1-3H3,(H,22,23). The van der Waals surface area contributed by atoms with Gasteiger partial charge in [-0.1, -0.05) is 31.0 Å². The van der Waals surface area contributed by atoms with Crippen LogP contribution in [0, 0.1) is 13.8 Å². The first-order chi connectivity index (χ1) is 11.6. The van der Waals surface area contributed by atoms with Crippen LogP contribution in [0.2, 0.25) is 0 Å². The number of nitrogens with zero attached hydrogens (tertiary/aromatic N) is 2. The largest absolute Gasteiger partial charge is 0.496 e. The number of hydrogen-bond acceptors (Lipinski definition) is 4. The van der Waals surface area contributed by atoms with Crippen LogP contribution in [0.3, 0.4) is 0 Å². The van der Waals surface area contributed by atoms with E-state index in [1.165, 1.54) is 0 Å². The minimum atomic E-state index is -0.388. The summed E-state index contributed by atoms with van der Waals surface area (Å²) >= 11 is 0. The summed E-state index contributed by atoms with van der Waals surface area (Å²) in [5.74, 6) is 1.36. The lowest BCUT2D eigenvalue weighted by molar-refractivity contribution is 0.0895. The number of rotatable bonds is 4. The Hall–Kier alpha value is -2.43. The lowest BCUT2D eigenvalue weighted by atomic mass is 9.87. The van der Waals surface area contributed by atoms with Crippen molar-refractivity contribution < 1.29 is 9.53 Å². The summed E-state index contributed by atoms with van der Waals surface area (Å²) in [6.45, 7) is 3.66. The van der Waals surface area contributed by atoms with Gasteiger partial charge in [0.25, 0.3) is 5.91 Å². The fraction of sp³-hybridized carbons (Fsp3) is 0.421. The predicted molar refractivity (Wildman–Crippen MR) is 92.1 cm³/mol. The number of carbonyl (C=O) groups is 1. The first kappa shape index (κ1) is 16.4. The molecular formula is C19H23N3O2. The number of aryl methyl sites for hydroxylation is 2. The number of nitrogens with one attached hydrogen (secondary N) is 1. The number of aromatic nitrogens is 2. The highest BCUT2D eigenvalue weighted by Crippen LogP contribution is 2.42. The summed E-state index contributed by atoms with van der Waals surface area (Å²) in [5.41, 5.74) is 1.89. The quantitative estimate of drug-likeness (QED) is 0.937. The third-order valence-corrected chi connectivity index (χ3v) is 4.78. The third-order valence-electron chi connectivity index (χ3n) is 4.78. The Balaban J connectivity index is 1.96. The summed E-state index contributed by atoms with van der Waals surface area (Å²) < 4.78 is 5.53. The van der Waals surface area contributed by atoms with Crippen LogP contribution in [-0.4, -0.2) is 23.0 Å². The fourth-order valence-electron chi connectivity index (χ4n) is 3.57. The first-order valence-electron chi connectivity index (χ1n) is 8.32. The number of benzene rings is 1. The van der Waals surface area contributed by atoms with Gasteiger partial charge in [0.15, 0.2) is 0 Å². The molecule has 1 aliphatic carbocycles. The molecule has 1 saturated carbocycles. The van der Waals surface area contributed by atoms with Gasteiger partial charge in [-0.05, 0) is 32.8 Å². The molecule has 5 heteroatoms. The molecule has 1 heterocycles. The van der Waals surface area contributed by atoms with Gasteiger partial charge in [0.2, 0.25) is 0 Å². The molecule has 3 rings (SSSR count). The summed E-state index contributed by atoms with van der Waals surface area (Å²) in [5, 5.41) is 3.26. The molecule has 1 fully saturated rings. The van der Waals surface area contributed by atoms with E-state index in [0.717, 1.165) is 37.0 Å². The molecule has 0 spiro atoms. The van der Waals surface area contributed by atoms with Gasteiger partial charge < -0.3 is 10.1 Å². The number of carbonyl (C=O) groups excluding carboxylic acids is 1. The normalized spacial score (nSPS) is 16.0. The van der Waals surface area contributed by atoms with Crippen molar-refractivity contribution in [1.82, 2.24) is 15.3 Å². The highest BCUT2D eigenvalue weighted by Gasteiger charge is 2.39. The average Bonchev–Trinajstić information content (AvgIpc) is 3.04. The maximum Gasteiger partial charge on any atom is 0.255 e. The molecule has 0 unspecified atom stereocenters. The van der Waals surface area contributed by atoms with Crippen LogP contribution >= 0.6 is 0 Å². The summed E-state index contributed by atoms with van der Waals surface area (Å²) in [7, 11) is 1.67. The van der Waals surface area contributed by atoms with Gasteiger partial charge in [-0.15, -0.1) is 0 Å². The number of hydrogen-bond donors (Lipinski definition) is 1. The highest BCUT2D eigenvalue weighted by atomic mass is 16.5. The van der Waals surface area contributed by atoms with Crippen LogP contribution in [0.1, 0.15) is 53.1 Å². The zero-order valence-corrected chi connectivity index (χ0v) is 14.4. The minimum Gasteiger partial charge on any atom is -0.496 e. The zero-order chi connectivity index (χ0) is 17.2. The fourth-order valence-corrected chi connectivity index (χ4v) is 3.57. The van der Waals surface area contributed by atoms with Crippen molar-refractivity contribution >= 4 is 5.91 Å². The molecule has 5 nitrogen and oxygen atoms in total. The summed E-state index contributed by atoms with van der Waals surface area (Å²) in [6.07, 6.45) is 5.59. The van der Waals surface area contributed by atoms with Gasteiger partial charge in [-0.3, -0.25) is 4.79 Å². The molecule has 24 heavy (non-hydrogen) atoms. The van der Waals surface area contributed by atoms with Crippen LogP contribution in [0.25, 0.3) is 0 Å². The van der Waals surface area contributed by atoms with Gasteiger partial charge in [0.1, 0.15) is 11.6 Å². The maximum absolute atomic E-state index is 12.9. The Morgan fingerprint density at radius 3 is 2.58 bits per heavy atom. The SMILES string of the molecule is COc1ccccc1C1(NC(=O)c2cnc(C)nc2C)CCCC1. The Kier molecular flexibility index (Phi) is 4.51. The first-order valence-corrected chi connectivity index (χ1v) is 8.32. The number of methoxy groups -OCH3 is 1. The molecule has 0 aliphatic heterocycles. The predicted octanol–water partition coefficient (Wildman–Crippen LogP) is 3.30. The molecule has 0 atom stereocenters. The van der Waals surface area contributed by atoms with E-state index in [1.807, 2.05) is 38.1 Å². The van der Waals surface area contributed by atoms with E-state index in [9.17, 15) is 4.79 Å². The van der Waals surface area contributed by atoms with E-state index >= 15 is 0 Å². The van der Waals surface area contributed by atoms with Gasteiger partial charge in [0.05, 0.1) is 23.9 Å². The summed E-state index contributed by atoms with van der Waals surface area (Å²) in [4.78, 5) is 21.3. The molecular weight excluding hydrogens is 302 g/mol. The van der Waals surface area contributed by atoms with Gasteiger partial charge in [-0.2, -0.15) is 0 Å². The third kappa shape index (κ3) is 2.98. The van der Waals surface area contributed by atoms with E-state index in [1.54, 1.807) is 13.3 Å². The topological polar surface area (TPSA) is 64.1 Å². The Morgan fingerprint density at radius 2 is 1.92 bits per heavy atom.